The van der Waals surface area contributed by atoms with Crippen molar-refractivity contribution in [2.45, 2.75) is 26.8 Å². The second-order valence-electron chi connectivity index (χ2n) is 2.92. The normalized spacial score (nSPS) is 10.4. The van der Waals surface area contributed by atoms with E-state index in [0.29, 0.717) is 5.69 Å². The fourth-order valence-corrected chi connectivity index (χ4v) is 0.832. The van der Waals surface area contributed by atoms with Crippen LogP contribution in [0.3, 0.4) is 0 Å². The Bertz CT molecular complexity index is 273. The predicted molar refractivity (Wildman–Crippen MR) is 45.5 cm³/mol. The molecule has 0 radical (unpaired) electrons. The summed E-state index contributed by atoms with van der Waals surface area (Å²) in [7, 11) is 0. The van der Waals surface area contributed by atoms with Gasteiger partial charge in [-0.25, -0.2) is 14.4 Å². The van der Waals surface area contributed by atoms with Crippen LogP contribution in [-0.2, 0) is 0 Å². The molecule has 0 unspecified atom stereocenters. The van der Waals surface area contributed by atoms with Crippen molar-refractivity contribution >= 4 is 5.82 Å². The van der Waals surface area contributed by atoms with E-state index in [9.17, 15) is 4.39 Å². The highest BCUT2D eigenvalue weighted by Gasteiger charge is 2.07. The molecule has 66 valence electrons. The van der Waals surface area contributed by atoms with E-state index in [1.807, 2.05) is 13.8 Å². The van der Waals surface area contributed by atoms with E-state index in [1.54, 1.807) is 6.92 Å². The Balaban J connectivity index is 2.92. The molecule has 0 bridgehead atoms. The highest BCUT2D eigenvalue weighted by Crippen LogP contribution is 2.12. The average Bonchev–Trinajstić information content (AvgIpc) is 1.98. The number of nitrogens with one attached hydrogen (secondary N) is 1. The Labute approximate surface area is 71.0 Å². The first-order chi connectivity index (χ1) is 5.61. The molecule has 1 N–H and O–H groups in total. The van der Waals surface area contributed by atoms with Gasteiger partial charge in [0.05, 0.1) is 5.69 Å². The van der Waals surface area contributed by atoms with Crippen molar-refractivity contribution in [2.24, 2.45) is 0 Å². The van der Waals surface area contributed by atoms with E-state index in [0.717, 1.165) is 0 Å². The lowest BCUT2D eigenvalue weighted by molar-refractivity contribution is 0.602. The molecule has 3 nitrogen and oxygen atoms in total. The van der Waals surface area contributed by atoms with Gasteiger partial charge in [-0.2, -0.15) is 0 Å². The van der Waals surface area contributed by atoms with E-state index in [1.165, 1.54) is 6.33 Å². The maximum atomic E-state index is 13.2. The summed E-state index contributed by atoms with van der Waals surface area (Å²) in [4.78, 5) is 7.50. The maximum absolute atomic E-state index is 13.2. The summed E-state index contributed by atoms with van der Waals surface area (Å²) < 4.78 is 13.2. The summed E-state index contributed by atoms with van der Waals surface area (Å²) in [6, 6.07) is 0.175. The number of rotatable bonds is 2. The van der Waals surface area contributed by atoms with Crippen LogP contribution in [0.1, 0.15) is 19.5 Å². The third kappa shape index (κ3) is 1.90. The molecule has 0 spiro atoms. The SMILES string of the molecule is Cc1ncnc(NC(C)C)c1F. The first kappa shape index (κ1) is 8.90. The van der Waals surface area contributed by atoms with Crippen LogP contribution in [0.25, 0.3) is 0 Å². The minimum absolute atomic E-state index is 0.175. The zero-order valence-corrected chi connectivity index (χ0v) is 7.43. The molecule has 1 rings (SSSR count). The first-order valence-electron chi connectivity index (χ1n) is 3.85. The number of aryl methyl sites for hydroxylation is 1. The second-order valence-corrected chi connectivity index (χ2v) is 2.92. The summed E-state index contributed by atoms with van der Waals surface area (Å²) in [6.07, 6.45) is 1.35. The second kappa shape index (κ2) is 3.47. The quantitative estimate of drug-likeness (QED) is 0.732. The van der Waals surface area contributed by atoms with Crippen molar-refractivity contribution in [3.05, 3.63) is 17.8 Å². The minimum atomic E-state index is -0.369. The molecule has 0 aliphatic heterocycles. The molecule has 1 aromatic rings. The Morgan fingerprint density at radius 3 is 2.67 bits per heavy atom. The lowest BCUT2D eigenvalue weighted by Crippen LogP contribution is -2.13. The zero-order valence-electron chi connectivity index (χ0n) is 7.43. The molecule has 1 heterocycles. The average molecular weight is 169 g/mol. The smallest absolute Gasteiger partial charge is 0.186 e. The molecular formula is C8H12FN3. The lowest BCUT2D eigenvalue weighted by atomic mass is 10.3. The zero-order chi connectivity index (χ0) is 9.14. The van der Waals surface area contributed by atoms with Crippen LogP contribution in [0.15, 0.2) is 6.33 Å². The molecule has 0 atom stereocenters. The molecule has 1 aromatic heterocycles. The molecule has 0 aliphatic carbocycles. The molecular weight excluding hydrogens is 157 g/mol. The molecule has 4 heteroatoms. The topological polar surface area (TPSA) is 37.8 Å². The van der Waals surface area contributed by atoms with Crippen LogP contribution in [0, 0.1) is 12.7 Å². The Morgan fingerprint density at radius 1 is 1.42 bits per heavy atom. The van der Waals surface area contributed by atoms with Gasteiger partial charge in [0.2, 0.25) is 0 Å². The molecule has 12 heavy (non-hydrogen) atoms. The minimum Gasteiger partial charge on any atom is -0.365 e. The number of hydrogen-bond acceptors (Lipinski definition) is 3. The van der Waals surface area contributed by atoms with Crippen molar-refractivity contribution in [3.63, 3.8) is 0 Å². The van der Waals surface area contributed by atoms with Crippen LogP contribution in [0.2, 0.25) is 0 Å². The van der Waals surface area contributed by atoms with Crippen LogP contribution in [-0.4, -0.2) is 16.0 Å². The third-order valence-corrected chi connectivity index (χ3v) is 1.39. The number of nitrogens with zero attached hydrogens (tertiary/aromatic N) is 2. The van der Waals surface area contributed by atoms with Gasteiger partial charge >= 0.3 is 0 Å². The van der Waals surface area contributed by atoms with Crippen LogP contribution < -0.4 is 5.32 Å². The molecule has 0 amide bonds. The van der Waals surface area contributed by atoms with Crippen LogP contribution in [0.4, 0.5) is 10.2 Å². The summed E-state index contributed by atoms with van der Waals surface area (Å²) in [5, 5.41) is 2.89. The number of anilines is 1. The molecule has 0 fully saturated rings. The Morgan fingerprint density at radius 2 is 2.08 bits per heavy atom. The van der Waals surface area contributed by atoms with Crippen molar-refractivity contribution in [1.29, 1.82) is 0 Å². The largest absolute Gasteiger partial charge is 0.365 e. The Kier molecular flexibility index (Phi) is 2.58. The highest BCUT2D eigenvalue weighted by atomic mass is 19.1. The Hall–Kier alpha value is -1.19. The third-order valence-electron chi connectivity index (χ3n) is 1.39. The van der Waals surface area contributed by atoms with Gasteiger partial charge in [-0.05, 0) is 20.8 Å². The number of aromatic nitrogens is 2. The fraction of sp³-hybridized carbons (Fsp3) is 0.500. The predicted octanol–water partition coefficient (Wildman–Crippen LogP) is 1.74. The van der Waals surface area contributed by atoms with Gasteiger partial charge in [-0.15, -0.1) is 0 Å². The van der Waals surface area contributed by atoms with Gasteiger partial charge in [-0.1, -0.05) is 0 Å². The van der Waals surface area contributed by atoms with Crippen molar-refractivity contribution in [2.75, 3.05) is 5.32 Å². The summed E-state index contributed by atoms with van der Waals surface area (Å²) in [5.74, 6) is -0.0938. The summed E-state index contributed by atoms with van der Waals surface area (Å²) in [5.41, 5.74) is 0.369. The van der Waals surface area contributed by atoms with Crippen molar-refractivity contribution < 1.29 is 4.39 Å². The number of hydrogen-bond donors (Lipinski definition) is 1. The van der Waals surface area contributed by atoms with E-state index in [-0.39, 0.29) is 17.7 Å². The van der Waals surface area contributed by atoms with E-state index in [2.05, 4.69) is 15.3 Å². The standard InChI is InChI=1S/C8H12FN3/c1-5(2)12-8-7(9)6(3)10-4-11-8/h4-5H,1-3H3,(H,10,11,12). The van der Waals surface area contributed by atoms with Gasteiger partial charge in [-0.3, -0.25) is 0 Å². The van der Waals surface area contributed by atoms with E-state index >= 15 is 0 Å². The molecule has 0 aliphatic rings. The van der Waals surface area contributed by atoms with Crippen molar-refractivity contribution in [3.8, 4) is 0 Å². The van der Waals surface area contributed by atoms with Gasteiger partial charge in [0.15, 0.2) is 11.6 Å². The maximum Gasteiger partial charge on any atom is 0.186 e. The molecule has 0 aromatic carbocycles. The van der Waals surface area contributed by atoms with Crippen molar-refractivity contribution in [1.82, 2.24) is 9.97 Å². The van der Waals surface area contributed by atoms with Gasteiger partial charge < -0.3 is 5.32 Å². The van der Waals surface area contributed by atoms with Gasteiger partial charge in [0.1, 0.15) is 6.33 Å². The summed E-state index contributed by atoms with van der Waals surface area (Å²) >= 11 is 0. The first-order valence-corrected chi connectivity index (χ1v) is 3.85. The fourth-order valence-electron chi connectivity index (χ4n) is 0.832. The molecule has 0 saturated heterocycles. The number of halogens is 1. The summed E-state index contributed by atoms with van der Waals surface area (Å²) in [6.45, 7) is 5.47. The van der Waals surface area contributed by atoms with Crippen LogP contribution >= 0.6 is 0 Å². The van der Waals surface area contributed by atoms with Gasteiger partial charge in [0.25, 0.3) is 0 Å². The monoisotopic (exact) mass is 169 g/mol. The van der Waals surface area contributed by atoms with E-state index < -0.39 is 0 Å². The van der Waals surface area contributed by atoms with Crippen LogP contribution in [0.5, 0.6) is 0 Å². The molecule has 0 saturated carbocycles. The van der Waals surface area contributed by atoms with Gasteiger partial charge in [0, 0.05) is 6.04 Å². The highest BCUT2D eigenvalue weighted by molar-refractivity contribution is 5.37. The lowest BCUT2D eigenvalue weighted by Gasteiger charge is -2.09. The van der Waals surface area contributed by atoms with E-state index in [4.69, 9.17) is 0 Å².